The predicted molar refractivity (Wildman–Crippen MR) is 63.8 cm³/mol. The van der Waals surface area contributed by atoms with Crippen molar-refractivity contribution < 1.29 is 8.78 Å². The summed E-state index contributed by atoms with van der Waals surface area (Å²) in [7, 11) is 0. The van der Waals surface area contributed by atoms with Crippen LogP contribution in [0.15, 0.2) is 24.4 Å². The Balaban J connectivity index is 1.90. The van der Waals surface area contributed by atoms with Crippen molar-refractivity contribution in [2.75, 3.05) is 0 Å². The number of halogens is 2. The van der Waals surface area contributed by atoms with Crippen molar-refractivity contribution >= 4 is 11.3 Å². The number of benzene rings is 1. The van der Waals surface area contributed by atoms with Gasteiger partial charge in [0.25, 0.3) is 0 Å². The molecule has 1 N–H and O–H groups in total. The highest BCUT2D eigenvalue weighted by Crippen LogP contribution is 2.12. The smallest absolute Gasteiger partial charge is 0.130 e. The fourth-order valence-corrected chi connectivity index (χ4v) is 2.21. The zero-order valence-electron chi connectivity index (χ0n) is 9.34. The summed E-state index contributed by atoms with van der Waals surface area (Å²) >= 11 is 1.60. The normalized spacial score (nSPS) is 10.8. The van der Waals surface area contributed by atoms with Gasteiger partial charge in [-0.2, -0.15) is 0 Å². The van der Waals surface area contributed by atoms with Crippen molar-refractivity contribution in [1.29, 1.82) is 0 Å². The van der Waals surface area contributed by atoms with Gasteiger partial charge in [-0.3, -0.25) is 0 Å². The van der Waals surface area contributed by atoms with Gasteiger partial charge in [-0.25, -0.2) is 13.8 Å². The average molecular weight is 254 g/mol. The molecule has 0 spiro atoms. The van der Waals surface area contributed by atoms with E-state index in [9.17, 15) is 8.78 Å². The van der Waals surface area contributed by atoms with Crippen LogP contribution in [0.3, 0.4) is 0 Å². The summed E-state index contributed by atoms with van der Waals surface area (Å²) in [4.78, 5) is 5.33. The molecule has 17 heavy (non-hydrogen) atoms. The highest BCUT2D eigenvalue weighted by molar-refractivity contribution is 7.11. The van der Waals surface area contributed by atoms with E-state index in [1.807, 2.05) is 6.92 Å². The lowest BCUT2D eigenvalue weighted by Crippen LogP contribution is -2.13. The lowest BCUT2D eigenvalue weighted by Gasteiger charge is -2.04. The van der Waals surface area contributed by atoms with Crippen LogP contribution in [-0.2, 0) is 13.1 Å². The van der Waals surface area contributed by atoms with Gasteiger partial charge >= 0.3 is 0 Å². The fourth-order valence-electron chi connectivity index (χ4n) is 1.45. The lowest BCUT2D eigenvalue weighted by atomic mass is 10.2. The first-order valence-electron chi connectivity index (χ1n) is 5.21. The second kappa shape index (κ2) is 5.33. The highest BCUT2D eigenvalue weighted by atomic mass is 32.1. The topological polar surface area (TPSA) is 24.9 Å². The molecule has 2 aromatic rings. The van der Waals surface area contributed by atoms with E-state index in [-0.39, 0.29) is 0 Å². The third-order valence-electron chi connectivity index (χ3n) is 2.28. The second-order valence-electron chi connectivity index (χ2n) is 3.70. The van der Waals surface area contributed by atoms with Crippen LogP contribution in [0.4, 0.5) is 8.78 Å². The summed E-state index contributed by atoms with van der Waals surface area (Å²) in [5.41, 5.74) is 0.458. The first-order valence-corrected chi connectivity index (χ1v) is 6.03. The highest BCUT2D eigenvalue weighted by Gasteiger charge is 2.04. The molecule has 0 bridgehead atoms. The van der Waals surface area contributed by atoms with E-state index in [2.05, 4.69) is 10.3 Å². The quantitative estimate of drug-likeness (QED) is 0.907. The maximum Gasteiger partial charge on any atom is 0.130 e. The Labute approximate surface area is 102 Å². The molecule has 0 radical (unpaired) electrons. The zero-order chi connectivity index (χ0) is 12.3. The summed E-state index contributed by atoms with van der Waals surface area (Å²) in [5.74, 6) is -1.07. The van der Waals surface area contributed by atoms with E-state index >= 15 is 0 Å². The minimum absolute atomic E-state index is 0.366. The van der Waals surface area contributed by atoms with Gasteiger partial charge in [-0.15, -0.1) is 11.3 Å². The number of nitrogens with zero attached hydrogens (tertiary/aromatic N) is 1. The lowest BCUT2D eigenvalue weighted by molar-refractivity contribution is 0.560. The Bertz CT molecular complexity index is 511. The summed E-state index contributed by atoms with van der Waals surface area (Å²) in [6.07, 6.45) is 1.81. The predicted octanol–water partition coefficient (Wildman–Crippen LogP) is 3.02. The Morgan fingerprint density at radius 3 is 2.76 bits per heavy atom. The third kappa shape index (κ3) is 3.31. The Morgan fingerprint density at radius 1 is 1.29 bits per heavy atom. The van der Waals surface area contributed by atoms with Gasteiger partial charge in [0.2, 0.25) is 0 Å². The Hall–Kier alpha value is -1.33. The van der Waals surface area contributed by atoms with Crippen molar-refractivity contribution in [3.05, 3.63) is 51.5 Å². The first kappa shape index (κ1) is 12.1. The van der Waals surface area contributed by atoms with E-state index in [0.717, 1.165) is 16.0 Å². The van der Waals surface area contributed by atoms with Crippen LogP contribution in [0.5, 0.6) is 0 Å². The second-order valence-corrected chi connectivity index (χ2v) is 5.02. The van der Waals surface area contributed by atoms with Crippen molar-refractivity contribution in [2.24, 2.45) is 0 Å². The van der Waals surface area contributed by atoms with Gasteiger partial charge in [0.05, 0.1) is 0 Å². The van der Waals surface area contributed by atoms with Crippen LogP contribution in [0.25, 0.3) is 0 Å². The summed E-state index contributed by atoms with van der Waals surface area (Å²) in [6.45, 7) is 2.95. The molecule has 2 rings (SSSR count). The minimum atomic E-state index is -0.554. The molecule has 0 saturated heterocycles. The van der Waals surface area contributed by atoms with E-state index in [1.54, 1.807) is 17.5 Å². The number of hydrogen-bond acceptors (Lipinski definition) is 3. The molecule has 0 aliphatic rings. The zero-order valence-corrected chi connectivity index (χ0v) is 10.2. The molecule has 1 aromatic carbocycles. The number of hydrogen-bond donors (Lipinski definition) is 1. The van der Waals surface area contributed by atoms with Crippen LogP contribution < -0.4 is 5.32 Å². The number of nitrogens with one attached hydrogen (secondary N) is 1. The molecule has 0 fully saturated rings. The van der Waals surface area contributed by atoms with Gasteiger partial charge in [0.1, 0.15) is 16.6 Å². The van der Waals surface area contributed by atoms with Gasteiger partial charge in [0.15, 0.2) is 0 Å². The maximum atomic E-state index is 13.3. The van der Waals surface area contributed by atoms with Crippen LogP contribution in [-0.4, -0.2) is 4.98 Å². The molecule has 1 heterocycles. The molecule has 0 atom stereocenters. The monoisotopic (exact) mass is 254 g/mol. The number of aryl methyl sites for hydroxylation is 1. The largest absolute Gasteiger partial charge is 0.306 e. The van der Waals surface area contributed by atoms with Crippen LogP contribution in [0.1, 0.15) is 15.4 Å². The third-order valence-corrected chi connectivity index (χ3v) is 3.19. The molecule has 0 aliphatic carbocycles. The van der Waals surface area contributed by atoms with Crippen molar-refractivity contribution in [2.45, 2.75) is 20.0 Å². The molecule has 5 heteroatoms. The van der Waals surface area contributed by atoms with E-state index in [4.69, 9.17) is 0 Å². The number of aromatic nitrogens is 1. The molecular formula is C12H12F2N2S. The standard InChI is InChI=1S/C12H12F2N2S/c1-8-5-16-12(17-8)7-15-6-9-2-3-10(13)4-11(9)14/h2-5,15H,6-7H2,1H3. The molecule has 1 aromatic heterocycles. The van der Waals surface area contributed by atoms with E-state index in [1.165, 1.54) is 12.1 Å². The van der Waals surface area contributed by atoms with Crippen LogP contribution in [0, 0.1) is 18.6 Å². The molecular weight excluding hydrogens is 242 g/mol. The molecule has 90 valence electrons. The van der Waals surface area contributed by atoms with Crippen LogP contribution >= 0.6 is 11.3 Å². The van der Waals surface area contributed by atoms with Gasteiger partial charge in [0, 0.05) is 35.8 Å². The summed E-state index contributed by atoms with van der Waals surface area (Å²) in [6, 6.07) is 3.60. The van der Waals surface area contributed by atoms with Gasteiger partial charge < -0.3 is 5.32 Å². The summed E-state index contributed by atoms with van der Waals surface area (Å²) in [5, 5.41) is 4.04. The minimum Gasteiger partial charge on any atom is -0.306 e. The van der Waals surface area contributed by atoms with Crippen molar-refractivity contribution in [3.63, 3.8) is 0 Å². The van der Waals surface area contributed by atoms with Gasteiger partial charge in [-0.05, 0) is 13.0 Å². The number of rotatable bonds is 4. The fraction of sp³-hybridized carbons (Fsp3) is 0.250. The van der Waals surface area contributed by atoms with Crippen molar-refractivity contribution in [1.82, 2.24) is 10.3 Å². The van der Waals surface area contributed by atoms with Crippen molar-refractivity contribution in [3.8, 4) is 0 Å². The molecule has 0 aliphatic heterocycles. The Kier molecular flexibility index (Phi) is 3.81. The molecule has 0 saturated carbocycles. The number of thiazole rings is 1. The molecule has 2 nitrogen and oxygen atoms in total. The Morgan fingerprint density at radius 2 is 2.12 bits per heavy atom. The van der Waals surface area contributed by atoms with E-state index in [0.29, 0.717) is 18.7 Å². The average Bonchev–Trinajstić information content (AvgIpc) is 2.68. The molecule has 0 amide bonds. The molecule has 0 unspecified atom stereocenters. The van der Waals surface area contributed by atoms with E-state index < -0.39 is 11.6 Å². The van der Waals surface area contributed by atoms with Crippen LogP contribution in [0.2, 0.25) is 0 Å². The SMILES string of the molecule is Cc1cnc(CNCc2ccc(F)cc2F)s1. The summed E-state index contributed by atoms with van der Waals surface area (Å²) < 4.78 is 26.0. The first-order chi connectivity index (χ1) is 8.15. The maximum absolute atomic E-state index is 13.3. The van der Waals surface area contributed by atoms with Gasteiger partial charge in [-0.1, -0.05) is 6.07 Å².